The van der Waals surface area contributed by atoms with Crippen LogP contribution in [0.2, 0.25) is 0 Å². The predicted molar refractivity (Wildman–Crippen MR) is 104 cm³/mol. The lowest BCUT2D eigenvalue weighted by molar-refractivity contribution is -0.118. The van der Waals surface area contributed by atoms with E-state index in [0.29, 0.717) is 23.8 Å². The molecule has 0 spiro atoms. The Morgan fingerprint density at radius 1 is 1.23 bits per heavy atom. The molecule has 1 aliphatic heterocycles. The first-order chi connectivity index (χ1) is 12.6. The molecule has 1 saturated heterocycles. The summed E-state index contributed by atoms with van der Waals surface area (Å²) in [6.07, 6.45) is 2.20. The summed E-state index contributed by atoms with van der Waals surface area (Å²) >= 11 is 3.41. The summed E-state index contributed by atoms with van der Waals surface area (Å²) in [6, 6.07) is 13.1. The first-order valence-corrected chi connectivity index (χ1v) is 9.43. The summed E-state index contributed by atoms with van der Waals surface area (Å²) in [6.45, 7) is 3.15. The van der Waals surface area contributed by atoms with Gasteiger partial charge >= 0.3 is 0 Å². The zero-order valence-corrected chi connectivity index (χ0v) is 16.3. The Morgan fingerprint density at radius 3 is 2.85 bits per heavy atom. The van der Waals surface area contributed by atoms with Crippen LogP contribution in [0.4, 0.5) is 5.69 Å². The van der Waals surface area contributed by atoms with Crippen LogP contribution in [0.1, 0.15) is 18.4 Å². The van der Waals surface area contributed by atoms with Crippen LogP contribution in [0.3, 0.4) is 0 Å². The topological polar surface area (TPSA) is 56.8 Å². The number of benzene rings is 2. The Hall–Kier alpha value is -2.05. The molecule has 1 heterocycles. The van der Waals surface area contributed by atoms with E-state index >= 15 is 0 Å². The number of ether oxygens (including phenoxy) is 3. The van der Waals surface area contributed by atoms with E-state index in [2.05, 4.69) is 21.2 Å². The summed E-state index contributed by atoms with van der Waals surface area (Å²) in [5, 5.41) is 2.85. The molecular weight excluding hydrogens is 398 g/mol. The van der Waals surface area contributed by atoms with Crippen molar-refractivity contribution in [2.45, 2.75) is 25.9 Å². The van der Waals surface area contributed by atoms with E-state index in [1.807, 2.05) is 49.4 Å². The molecule has 6 heteroatoms. The molecule has 5 nitrogen and oxygen atoms in total. The number of nitrogens with one attached hydrogen (secondary N) is 1. The fraction of sp³-hybridized carbons (Fsp3) is 0.350. The number of carbonyl (C=O) groups is 1. The molecule has 26 heavy (non-hydrogen) atoms. The fourth-order valence-corrected chi connectivity index (χ4v) is 3.23. The molecule has 3 rings (SSSR count). The van der Waals surface area contributed by atoms with Gasteiger partial charge in [-0.25, -0.2) is 0 Å². The third-order valence-electron chi connectivity index (χ3n) is 4.11. The minimum Gasteiger partial charge on any atom is -0.489 e. The number of carbonyl (C=O) groups excluding carboxylic acids is 1. The third kappa shape index (κ3) is 5.22. The predicted octanol–water partition coefficient (Wildman–Crippen LogP) is 4.33. The molecule has 1 aliphatic rings. The first-order valence-electron chi connectivity index (χ1n) is 8.64. The van der Waals surface area contributed by atoms with Gasteiger partial charge in [0.05, 0.1) is 11.8 Å². The molecule has 138 valence electrons. The van der Waals surface area contributed by atoms with Crippen LogP contribution < -0.4 is 14.8 Å². The van der Waals surface area contributed by atoms with E-state index in [9.17, 15) is 4.79 Å². The number of hydrogen-bond donors (Lipinski definition) is 1. The van der Waals surface area contributed by atoms with Gasteiger partial charge < -0.3 is 19.5 Å². The highest BCUT2D eigenvalue weighted by molar-refractivity contribution is 9.10. The molecule has 1 N–H and O–H groups in total. The largest absolute Gasteiger partial charge is 0.489 e. The molecule has 1 fully saturated rings. The number of amides is 1. The Balaban J connectivity index is 1.55. The molecule has 0 aliphatic carbocycles. The smallest absolute Gasteiger partial charge is 0.262 e. The van der Waals surface area contributed by atoms with Gasteiger partial charge in [-0.2, -0.15) is 0 Å². The van der Waals surface area contributed by atoms with Crippen molar-refractivity contribution in [3.8, 4) is 11.5 Å². The average molecular weight is 420 g/mol. The summed E-state index contributed by atoms with van der Waals surface area (Å²) in [7, 11) is 0. The van der Waals surface area contributed by atoms with Crippen molar-refractivity contribution in [1.29, 1.82) is 0 Å². The number of hydrogen-bond acceptors (Lipinski definition) is 4. The monoisotopic (exact) mass is 419 g/mol. The van der Waals surface area contributed by atoms with Crippen molar-refractivity contribution < 1.29 is 19.0 Å². The van der Waals surface area contributed by atoms with Crippen LogP contribution in [-0.2, 0) is 9.53 Å². The van der Waals surface area contributed by atoms with Crippen LogP contribution in [-0.4, -0.2) is 31.8 Å². The second-order valence-corrected chi connectivity index (χ2v) is 7.10. The second kappa shape index (κ2) is 9.05. The molecule has 0 saturated carbocycles. The lowest BCUT2D eigenvalue weighted by Crippen LogP contribution is -2.21. The maximum absolute atomic E-state index is 12.3. The Morgan fingerprint density at radius 2 is 2.08 bits per heavy atom. The maximum Gasteiger partial charge on any atom is 0.262 e. The van der Waals surface area contributed by atoms with Gasteiger partial charge in [0.1, 0.15) is 18.1 Å². The van der Waals surface area contributed by atoms with Crippen molar-refractivity contribution in [3.05, 3.63) is 52.5 Å². The number of rotatable bonds is 7. The summed E-state index contributed by atoms with van der Waals surface area (Å²) < 4.78 is 18.0. The second-order valence-electron chi connectivity index (χ2n) is 6.19. The van der Waals surface area contributed by atoms with Gasteiger partial charge in [0.25, 0.3) is 5.91 Å². The highest BCUT2D eigenvalue weighted by atomic mass is 79.9. The number of para-hydroxylation sites is 2. The lowest BCUT2D eigenvalue weighted by Gasteiger charge is -2.15. The SMILES string of the molecule is Cc1cc(Br)ccc1OCC(=O)Nc1ccccc1OCC1CCCO1. The van der Waals surface area contributed by atoms with Gasteiger partial charge in [0.2, 0.25) is 0 Å². The lowest BCUT2D eigenvalue weighted by atomic mass is 10.2. The van der Waals surface area contributed by atoms with E-state index in [0.717, 1.165) is 29.5 Å². The van der Waals surface area contributed by atoms with Crippen molar-refractivity contribution in [1.82, 2.24) is 0 Å². The number of anilines is 1. The zero-order chi connectivity index (χ0) is 18.4. The van der Waals surface area contributed by atoms with Crippen molar-refractivity contribution in [2.75, 3.05) is 25.1 Å². The van der Waals surface area contributed by atoms with Crippen LogP contribution in [0, 0.1) is 6.92 Å². The van der Waals surface area contributed by atoms with Crippen LogP contribution >= 0.6 is 15.9 Å². The standard InChI is InChI=1S/C20H22BrNO4/c1-14-11-15(21)8-9-18(14)26-13-20(23)22-17-6-2-3-7-19(17)25-12-16-5-4-10-24-16/h2-3,6-9,11,16H,4-5,10,12-13H2,1H3,(H,22,23). The van der Waals surface area contributed by atoms with E-state index in [4.69, 9.17) is 14.2 Å². The Bertz CT molecular complexity index is 759. The highest BCUT2D eigenvalue weighted by Gasteiger charge is 2.17. The summed E-state index contributed by atoms with van der Waals surface area (Å²) in [5.74, 6) is 1.09. The van der Waals surface area contributed by atoms with Crippen molar-refractivity contribution >= 4 is 27.5 Å². The average Bonchev–Trinajstić information content (AvgIpc) is 3.14. The quantitative estimate of drug-likeness (QED) is 0.725. The summed E-state index contributed by atoms with van der Waals surface area (Å²) in [5.41, 5.74) is 1.60. The third-order valence-corrected chi connectivity index (χ3v) is 4.60. The van der Waals surface area contributed by atoms with Gasteiger partial charge in [-0.05, 0) is 55.7 Å². The molecule has 2 aromatic rings. The minimum atomic E-state index is -0.236. The van der Waals surface area contributed by atoms with Crippen LogP contribution in [0.25, 0.3) is 0 Å². The number of aryl methyl sites for hydroxylation is 1. The first kappa shape index (κ1) is 18.7. The van der Waals surface area contributed by atoms with E-state index in [1.165, 1.54) is 0 Å². The van der Waals surface area contributed by atoms with E-state index in [1.54, 1.807) is 0 Å². The normalized spacial score (nSPS) is 16.3. The fourth-order valence-electron chi connectivity index (χ4n) is 2.76. The van der Waals surface area contributed by atoms with Gasteiger partial charge in [0, 0.05) is 11.1 Å². The summed E-state index contributed by atoms with van der Waals surface area (Å²) in [4.78, 5) is 12.3. The minimum absolute atomic E-state index is 0.0669. The van der Waals surface area contributed by atoms with Gasteiger partial charge in [0.15, 0.2) is 6.61 Å². The Kier molecular flexibility index (Phi) is 6.52. The van der Waals surface area contributed by atoms with Gasteiger partial charge in [-0.15, -0.1) is 0 Å². The van der Waals surface area contributed by atoms with Crippen LogP contribution in [0.5, 0.6) is 11.5 Å². The maximum atomic E-state index is 12.3. The Labute approximate surface area is 161 Å². The molecule has 2 aromatic carbocycles. The highest BCUT2D eigenvalue weighted by Crippen LogP contribution is 2.25. The van der Waals surface area contributed by atoms with Crippen LogP contribution in [0.15, 0.2) is 46.9 Å². The molecule has 1 amide bonds. The van der Waals surface area contributed by atoms with E-state index < -0.39 is 0 Å². The number of halogens is 1. The molecule has 0 aromatic heterocycles. The zero-order valence-electron chi connectivity index (χ0n) is 14.7. The van der Waals surface area contributed by atoms with Gasteiger partial charge in [-0.1, -0.05) is 28.1 Å². The molecule has 1 atom stereocenters. The van der Waals surface area contributed by atoms with Gasteiger partial charge in [-0.3, -0.25) is 4.79 Å². The molecule has 0 radical (unpaired) electrons. The molecule has 0 bridgehead atoms. The molecular formula is C20H22BrNO4. The van der Waals surface area contributed by atoms with Crippen molar-refractivity contribution in [3.63, 3.8) is 0 Å². The van der Waals surface area contributed by atoms with Crippen molar-refractivity contribution in [2.24, 2.45) is 0 Å². The molecule has 1 unspecified atom stereocenters. The van der Waals surface area contributed by atoms with E-state index in [-0.39, 0.29) is 18.6 Å².